The maximum absolute atomic E-state index is 13.3. The van der Waals surface area contributed by atoms with Crippen LogP contribution in [0.25, 0.3) is 0 Å². The maximum atomic E-state index is 13.3. The van der Waals surface area contributed by atoms with Gasteiger partial charge in [-0.15, -0.1) is 0 Å². The van der Waals surface area contributed by atoms with Gasteiger partial charge in [0, 0.05) is 18.8 Å². The number of rotatable bonds is 5. The highest BCUT2D eigenvalue weighted by molar-refractivity contribution is 5.54. The fourth-order valence-electron chi connectivity index (χ4n) is 2.62. The van der Waals surface area contributed by atoms with Gasteiger partial charge in [-0.2, -0.15) is 0 Å². The zero-order valence-corrected chi connectivity index (χ0v) is 11.4. The molecule has 0 amide bonds. The van der Waals surface area contributed by atoms with Crippen molar-refractivity contribution in [3.63, 3.8) is 0 Å². The molecule has 0 bridgehead atoms. The van der Waals surface area contributed by atoms with Crippen LogP contribution in [0.5, 0.6) is 0 Å². The molecule has 1 aromatic carbocycles. The van der Waals surface area contributed by atoms with Gasteiger partial charge in [-0.1, -0.05) is 13.0 Å². The molecule has 1 unspecified atom stereocenters. The Kier molecular flexibility index (Phi) is 4.59. The summed E-state index contributed by atoms with van der Waals surface area (Å²) in [5.41, 5.74) is 2.23. The summed E-state index contributed by atoms with van der Waals surface area (Å²) in [6, 6.07) is 5.07. The van der Waals surface area contributed by atoms with Crippen LogP contribution in [0.2, 0.25) is 0 Å². The van der Waals surface area contributed by atoms with Crippen LogP contribution < -0.4 is 10.2 Å². The van der Waals surface area contributed by atoms with Gasteiger partial charge in [0.15, 0.2) is 0 Å². The van der Waals surface area contributed by atoms with Crippen LogP contribution in [-0.2, 0) is 0 Å². The van der Waals surface area contributed by atoms with Crippen LogP contribution in [0.4, 0.5) is 10.1 Å². The molecule has 0 saturated carbocycles. The average molecular weight is 250 g/mol. The van der Waals surface area contributed by atoms with Crippen molar-refractivity contribution in [3.05, 3.63) is 29.6 Å². The smallest absolute Gasteiger partial charge is 0.125 e. The molecule has 2 nitrogen and oxygen atoms in total. The number of benzene rings is 1. The molecule has 1 N–H and O–H groups in total. The van der Waals surface area contributed by atoms with Crippen LogP contribution in [0.1, 0.15) is 25.3 Å². The molecule has 0 spiro atoms. The van der Waals surface area contributed by atoms with Gasteiger partial charge >= 0.3 is 0 Å². The quantitative estimate of drug-likeness (QED) is 0.808. The Morgan fingerprint density at radius 1 is 1.44 bits per heavy atom. The first-order chi connectivity index (χ1) is 8.70. The highest BCUT2D eigenvalue weighted by Gasteiger charge is 2.23. The third kappa shape index (κ3) is 3.22. The van der Waals surface area contributed by atoms with E-state index in [-0.39, 0.29) is 5.82 Å². The zero-order valence-electron chi connectivity index (χ0n) is 11.4. The minimum atomic E-state index is -0.136. The van der Waals surface area contributed by atoms with Crippen LogP contribution in [-0.4, -0.2) is 26.2 Å². The summed E-state index contributed by atoms with van der Waals surface area (Å²) >= 11 is 0. The lowest BCUT2D eigenvalue weighted by Gasteiger charge is -2.21. The molecule has 0 radical (unpaired) electrons. The van der Waals surface area contributed by atoms with Gasteiger partial charge in [0.05, 0.1) is 0 Å². The van der Waals surface area contributed by atoms with Crippen molar-refractivity contribution in [2.24, 2.45) is 5.92 Å². The number of hydrogen-bond donors (Lipinski definition) is 1. The minimum absolute atomic E-state index is 0.136. The van der Waals surface area contributed by atoms with Crippen LogP contribution >= 0.6 is 0 Å². The van der Waals surface area contributed by atoms with Crippen molar-refractivity contribution in [1.82, 2.24) is 5.32 Å². The molecule has 1 heterocycles. The van der Waals surface area contributed by atoms with E-state index in [1.54, 1.807) is 6.07 Å². The van der Waals surface area contributed by atoms with Crippen LogP contribution in [0, 0.1) is 18.7 Å². The first-order valence-corrected chi connectivity index (χ1v) is 6.92. The van der Waals surface area contributed by atoms with Gasteiger partial charge in [-0.3, -0.25) is 0 Å². The molecule has 0 aromatic heterocycles. The van der Waals surface area contributed by atoms with Crippen molar-refractivity contribution >= 4 is 5.69 Å². The zero-order chi connectivity index (χ0) is 13.0. The highest BCUT2D eigenvalue weighted by Crippen LogP contribution is 2.27. The lowest BCUT2D eigenvalue weighted by Crippen LogP contribution is -2.27. The normalized spacial score (nSPS) is 19.5. The monoisotopic (exact) mass is 250 g/mol. The van der Waals surface area contributed by atoms with E-state index in [4.69, 9.17) is 0 Å². The van der Waals surface area contributed by atoms with Crippen LogP contribution in [0.3, 0.4) is 0 Å². The van der Waals surface area contributed by atoms with Gasteiger partial charge < -0.3 is 10.2 Å². The second kappa shape index (κ2) is 6.19. The molecule has 18 heavy (non-hydrogen) atoms. The number of hydrogen-bond acceptors (Lipinski definition) is 2. The van der Waals surface area contributed by atoms with Gasteiger partial charge in [0.2, 0.25) is 0 Å². The Labute approximate surface area is 109 Å². The minimum Gasteiger partial charge on any atom is -0.371 e. The van der Waals surface area contributed by atoms with Gasteiger partial charge in [-0.05, 0) is 56.5 Å². The summed E-state index contributed by atoms with van der Waals surface area (Å²) < 4.78 is 13.3. The molecule has 1 fully saturated rings. The van der Waals surface area contributed by atoms with E-state index in [0.717, 1.165) is 31.9 Å². The standard InChI is InChI=1S/C15H23FN2/c1-3-7-17-10-13-6-8-18(11-13)15-9-14(16)5-4-12(15)2/h4-5,9,13,17H,3,6-8,10-11H2,1-2H3. The Balaban J connectivity index is 1.93. The number of nitrogens with one attached hydrogen (secondary N) is 1. The van der Waals surface area contributed by atoms with Gasteiger partial charge in [0.1, 0.15) is 5.82 Å². The summed E-state index contributed by atoms with van der Waals surface area (Å²) in [5, 5.41) is 3.47. The van der Waals surface area contributed by atoms with E-state index in [1.807, 2.05) is 6.07 Å². The molecule has 1 aromatic rings. The van der Waals surface area contributed by atoms with E-state index >= 15 is 0 Å². The maximum Gasteiger partial charge on any atom is 0.125 e. The highest BCUT2D eigenvalue weighted by atomic mass is 19.1. The van der Waals surface area contributed by atoms with Crippen molar-refractivity contribution in [1.29, 1.82) is 0 Å². The molecule has 0 aliphatic carbocycles. The predicted octanol–water partition coefficient (Wildman–Crippen LogP) is 2.96. The predicted molar refractivity (Wildman–Crippen MR) is 74.6 cm³/mol. The Bertz CT molecular complexity index is 392. The summed E-state index contributed by atoms with van der Waals surface area (Å²) in [5.74, 6) is 0.558. The fraction of sp³-hybridized carbons (Fsp3) is 0.600. The molecular formula is C15H23FN2. The molecule has 1 aliphatic rings. The van der Waals surface area contributed by atoms with Crippen molar-refractivity contribution in [2.45, 2.75) is 26.7 Å². The largest absolute Gasteiger partial charge is 0.371 e. The third-order valence-corrected chi connectivity index (χ3v) is 3.66. The lowest BCUT2D eigenvalue weighted by molar-refractivity contribution is 0.516. The number of halogens is 1. The SMILES string of the molecule is CCCNCC1CCN(c2cc(F)ccc2C)C1. The second-order valence-electron chi connectivity index (χ2n) is 5.24. The van der Waals surface area contributed by atoms with Crippen molar-refractivity contribution in [2.75, 3.05) is 31.1 Å². The van der Waals surface area contributed by atoms with E-state index < -0.39 is 0 Å². The van der Waals surface area contributed by atoms with Crippen LogP contribution in [0.15, 0.2) is 18.2 Å². The first kappa shape index (κ1) is 13.3. The number of nitrogens with zero attached hydrogens (tertiary/aromatic N) is 1. The summed E-state index contributed by atoms with van der Waals surface area (Å²) in [6.07, 6.45) is 2.38. The second-order valence-corrected chi connectivity index (χ2v) is 5.24. The molecule has 1 atom stereocenters. The van der Waals surface area contributed by atoms with E-state index in [1.165, 1.54) is 24.5 Å². The molecular weight excluding hydrogens is 227 g/mol. The first-order valence-electron chi connectivity index (χ1n) is 6.92. The Morgan fingerprint density at radius 2 is 2.28 bits per heavy atom. The van der Waals surface area contributed by atoms with Crippen molar-refractivity contribution < 1.29 is 4.39 Å². The molecule has 1 saturated heterocycles. The molecule has 1 aliphatic heterocycles. The fourth-order valence-corrected chi connectivity index (χ4v) is 2.62. The summed E-state index contributed by atoms with van der Waals surface area (Å²) in [7, 11) is 0. The number of anilines is 1. The van der Waals surface area contributed by atoms with E-state index in [2.05, 4.69) is 24.1 Å². The topological polar surface area (TPSA) is 15.3 Å². The van der Waals surface area contributed by atoms with E-state index in [0.29, 0.717) is 5.92 Å². The Hall–Kier alpha value is -1.09. The molecule has 3 heteroatoms. The van der Waals surface area contributed by atoms with Crippen molar-refractivity contribution in [3.8, 4) is 0 Å². The number of aryl methyl sites for hydroxylation is 1. The van der Waals surface area contributed by atoms with Gasteiger partial charge in [0.25, 0.3) is 0 Å². The summed E-state index contributed by atoms with van der Waals surface area (Å²) in [6.45, 7) is 8.50. The molecule has 100 valence electrons. The Morgan fingerprint density at radius 3 is 3.06 bits per heavy atom. The lowest BCUT2D eigenvalue weighted by atomic mass is 10.1. The average Bonchev–Trinajstić information content (AvgIpc) is 2.81. The molecule has 2 rings (SSSR count). The van der Waals surface area contributed by atoms with E-state index in [9.17, 15) is 4.39 Å². The third-order valence-electron chi connectivity index (χ3n) is 3.66. The van der Waals surface area contributed by atoms with Gasteiger partial charge in [-0.25, -0.2) is 4.39 Å². The summed E-state index contributed by atoms with van der Waals surface area (Å²) in [4.78, 5) is 2.32.